The first kappa shape index (κ1) is 9.52. The molecule has 3 nitrogen and oxygen atoms in total. The van der Waals surface area contributed by atoms with Crippen LogP contribution in [0, 0.1) is 11.8 Å². The molecule has 3 N–H and O–H groups in total. The van der Waals surface area contributed by atoms with Crippen molar-refractivity contribution in [2.45, 2.75) is 38.7 Å². The maximum atomic E-state index is 11.0. The average Bonchev–Trinajstić information content (AvgIpc) is 2.00. The number of hydrogen-bond donors (Lipinski definition) is 2. The normalized spacial score (nSPS) is 42.6. The molecule has 0 spiro atoms. The van der Waals surface area contributed by atoms with E-state index in [-0.39, 0.29) is 5.92 Å². The number of rotatable bonds is 1. The molecule has 0 radical (unpaired) electrons. The van der Waals surface area contributed by atoms with Crippen LogP contribution in [0.25, 0.3) is 0 Å². The lowest BCUT2D eigenvalue weighted by atomic mass is 9.70. The van der Waals surface area contributed by atoms with Crippen LogP contribution in [0.3, 0.4) is 0 Å². The van der Waals surface area contributed by atoms with Crippen molar-refractivity contribution in [1.82, 2.24) is 0 Å². The SMILES string of the molecule is CC1CCCC(O)(C(N)=O)C1C. The molecule has 0 aliphatic heterocycles. The molecule has 1 aliphatic rings. The van der Waals surface area contributed by atoms with Crippen LogP contribution in [-0.4, -0.2) is 16.6 Å². The van der Waals surface area contributed by atoms with Gasteiger partial charge in [0.1, 0.15) is 5.60 Å². The van der Waals surface area contributed by atoms with Gasteiger partial charge in [0.05, 0.1) is 0 Å². The van der Waals surface area contributed by atoms with E-state index in [0.29, 0.717) is 12.3 Å². The number of aliphatic hydroxyl groups is 1. The van der Waals surface area contributed by atoms with Gasteiger partial charge in [-0.3, -0.25) is 4.79 Å². The minimum absolute atomic E-state index is 0.0104. The molecule has 3 unspecified atom stereocenters. The fourth-order valence-corrected chi connectivity index (χ4v) is 1.99. The summed E-state index contributed by atoms with van der Waals surface area (Å²) in [5, 5.41) is 9.91. The van der Waals surface area contributed by atoms with Gasteiger partial charge in [0.25, 0.3) is 0 Å². The Morgan fingerprint density at radius 3 is 2.58 bits per heavy atom. The monoisotopic (exact) mass is 171 g/mol. The van der Waals surface area contributed by atoms with Crippen LogP contribution < -0.4 is 5.73 Å². The van der Waals surface area contributed by atoms with Crippen LogP contribution >= 0.6 is 0 Å². The summed E-state index contributed by atoms with van der Waals surface area (Å²) in [4.78, 5) is 11.0. The Hall–Kier alpha value is -0.570. The Labute approximate surface area is 72.9 Å². The second-order valence-corrected chi connectivity index (χ2v) is 3.95. The quantitative estimate of drug-likeness (QED) is 0.608. The predicted octanol–water partition coefficient (Wildman–Crippen LogP) is 0.659. The molecular formula is C9H17NO2. The van der Waals surface area contributed by atoms with Gasteiger partial charge in [0, 0.05) is 0 Å². The minimum Gasteiger partial charge on any atom is -0.380 e. The van der Waals surface area contributed by atoms with Gasteiger partial charge in [0.2, 0.25) is 5.91 Å². The third kappa shape index (κ3) is 1.33. The summed E-state index contributed by atoms with van der Waals surface area (Å²) in [6.07, 6.45) is 2.50. The van der Waals surface area contributed by atoms with Crippen molar-refractivity contribution >= 4 is 5.91 Å². The largest absolute Gasteiger partial charge is 0.380 e. The molecule has 0 aromatic rings. The zero-order chi connectivity index (χ0) is 9.35. The molecule has 12 heavy (non-hydrogen) atoms. The summed E-state index contributed by atoms with van der Waals surface area (Å²) < 4.78 is 0. The Bertz CT molecular complexity index is 193. The Morgan fingerprint density at radius 2 is 2.17 bits per heavy atom. The Kier molecular flexibility index (Phi) is 2.42. The molecule has 0 aromatic carbocycles. The highest BCUT2D eigenvalue weighted by molar-refractivity contribution is 5.83. The molecule has 3 heteroatoms. The van der Waals surface area contributed by atoms with Crippen LogP contribution in [0.2, 0.25) is 0 Å². The van der Waals surface area contributed by atoms with Crippen LogP contribution in [-0.2, 0) is 4.79 Å². The smallest absolute Gasteiger partial charge is 0.249 e. The van der Waals surface area contributed by atoms with Gasteiger partial charge >= 0.3 is 0 Å². The number of nitrogens with two attached hydrogens (primary N) is 1. The molecule has 1 saturated carbocycles. The molecule has 1 fully saturated rings. The van der Waals surface area contributed by atoms with E-state index >= 15 is 0 Å². The Balaban J connectivity index is 2.81. The average molecular weight is 171 g/mol. The van der Waals surface area contributed by atoms with Gasteiger partial charge < -0.3 is 10.8 Å². The molecule has 1 amide bonds. The summed E-state index contributed by atoms with van der Waals surface area (Å²) in [5.41, 5.74) is 3.91. The summed E-state index contributed by atoms with van der Waals surface area (Å²) in [7, 11) is 0. The highest BCUT2D eigenvalue weighted by Crippen LogP contribution is 2.37. The first-order chi connectivity index (χ1) is 5.48. The van der Waals surface area contributed by atoms with E-state index in [9.17, 15) is 9.90 Å². The van der Waals surface area contributed by atoms with Crippen LogP contribution in [0.1, 0.15) is 33.1 Å². The summed E-state index contributed by atoms with van der Waals surface area (Å²) in [6, 6.07) is 0. The number of hydrogen-bond acceptors (Lipinski definition) is 2. The zero-order valence-electron chi connectivity index (χ0n) is 7.71. The first-order valence-electron chi connectivity index (χ1n) is 4.50. The van der Waals surface area contributed by atoms with Crippen LogP contribution in [0.5, 0.6) is 0 Å². The van der Waals surface area contributed by atoms with Gasteiger partial charge in [-0.1, -0.05) is 20.3 Å². The standard InChI is InChI=1S/C9H17NO2/c1-6-4-3-5-9(12,7(6)2)8(10)11/h6-7,12H,3-5H2,1-2H3,(H2,10,11). The third-order valence-corrected chi connectivity index (χ3v) is 3.25. The van der Waals surface area contributed by atoms with Gasteiger partial charge in [-0.2, -0.15) is 0 Å². The van der Waals surface area contributed by atoms with E-state index < -0.39 is 11.5 Å². The number of amides is 1. The molecule has 0 aromatic heterocycles. The second kappa shape index (κ2) is 3.05. The van der Waals surface area contributed by atoms with Crippen molar-refractivity contribution < 1.29 is 9.90 Å². The van der Waals surface area contributed by atoms with Crippen molar-refractivity contribution in [1.29, 1.82) is 0 Å². The lowest BCUT2D eigenvalue weighted by Crippen LogP contribution is -2.52. The van der Waals surface area contributed by atoms with Gasteiger partial charge in [-0.25, -0.2) is 0 Å². The lowest BCUT2D eigenvalue weighted by Gasteiger charge is -2.39. The van der Waals surface area contributed by atoms with Crippen molar-refractivity contribution in [3.63, 3.8) is 0 Å². The maximum absolute atomic E-state index is 11.0. The highest BCUT2D eigenvalue weighted by Gasteiger charge is 2.44. The second-order valence-electron chi connectivity index (χ2n) is 3.95. The van der Waals surface area contributed by atoms with Crippen molar-refractivity contribution in [2.75, 3.05) is 0 Å². The molecule has 0 heterocycles. The van der Waals surface area contributed by atoms with Gasteiger partial charge in [-0.05, 0) is 24.7 Å². The Morgan fingerprint density at radius 1 is 1.58 bits per heavy atom. The van der Waals surface area contributed by atoms with E-state index in [1.807, 2.05) is 6.92 Å². The fourth-order valence-electron chi connectivity index (χ4n) is 1.99. The van der Waals surface area contributed by atoms with E-state index in [4.69, 9.17) is 5.73 Å². The van der Waals surface area contributed by atoms with Crippen LogP contribution in [0.4, 0.5) is 0 Å². The highest BCUT2D eigenvalue weighted by atomic mass is 16.3. The van der Waals surface area contributed by atoms with E-state index in [0.717, 1.165) is 12.8 Å². The molecule has 1 aliphatic carbocycles. The van der Waals surface area contributed by atoms with Gasteiger partial charge in [0.15, 0.2) is 0 Å². The van der Waals surface area contributed by atoms with E-state index in [1.54, 1.807) is 0 Å². The maximum Gasteiger partial charge on any atom is 0.249 e. The molecule has 0 saturated heterocycles. The third-order valence-electron chi connectivity index (χ3n) is 3.25. The van der Waals surface area contributed by atoms with E-state index in [1.165, 1.54) is 0 Å². The summed E-state index contributed by atoms with van der Waals surface area (Å²) in [6.45, 7) is 3.95. The topological polar surface area (TPSA) is 63.3 Å². The first-order valence-corrected chi connectivity index (χ1v) is 4.50. The molecule has 1 rings (SSSR count). The van der Waals surface area contributed by atoms with Crippen LogP contribution in [0.15, 0.2) is 0 Å². The van der Waals surface area contributed by atoms with Crippen molar-refractivity contribution in [3.8, 4) is 0 Å². The molecule has 70 valence electrons. The molecular weight excluding hydrogens is 154 g/mol. The molecule has 0 bridgehead atoms. The fraction of sp³-hybridized carbons (Fsp3) is 0.889. The number of primary amides is 1. The minimum atomic E-state index is -1.25. The van der Waals surface area contributed by atoms with Crippen molar-refractivity contribution in [2.24, 2.45) is 17.6 Å². The molecule has 3 atom stereocenters. The zero-order valence-corrected chi connectivity index (χ0v) is 7.71. The number of carbonyl (C=O) groups excluding carboxylic acids is 1. The summed E-state index contributed by atoms with van der Waals surface area (Å²) in [5.74, 6) is -0.193. The van der Waals surface area contributed by atoms with Gasteiger partial charge in [-0.15, -0.1) is 0 Å². The van der Waals surface area contributed by atoms with Crippen molar-refractivity contribution in [3.05, 3.63) is 0 Å². The van der Waals surface area contributed by atoms with E-state index in [2.05, 4.69) is 6.92 Å². The predicted molar refractivity (Wildman–Crippen MR) is 46.3 cm³/mol. The number of carbonyl (C=O) groups is 1. The summed E-state index contributed by atoms with van der Waals surface area (Å²) >= 11 is 0. The lowest BCUT2D eigenvalue weighted by molar-refractivity contribution is -0.148.